The molecule has 0 unspecified atom stereocenters. The maximum Gasteiger partial charge on any atom is 0.150 e. The molecule has 0 amide bonds. The van der Waals surface area contributed by atoms with Crippen LogP contribution in [-0.2, 0) is 24.0 Å². The van der Waals surface area contributed by atoms with Crippen molar-refractivity contribution in [2.24, 2.45) is 0 Å². The first-order valence-electron chi connectivity index (χ1n) is 14.5. The maximum atomic E-state index is 6.31. The van der Waals surface area contributed by atoms with Crippen LogP contribution in [0.1, 0.15) is 48.3 Å². The zero-order valence-corrected chi connectivity index (χ0v) is 24.1. The standard InChI is InChI=1S/C32H38N8O/c1-4-23-16-27(35-11-12-39(2)3)25-10-9-21(15-28(25)38-23)7-8-22-14-24(18-34-17-22)40-19-26(29-6-5-13-41-29)30-31(33)36-20-37-32(30)40/h9-10,14-20,29H,4-8,11-13H2,1-3H3,(H,35,38)(H2,33,36,37)/t29-/m1/s1. The van der Waals surface area contributed by atoms with Gasteiger partial charge >= 0.3 is 0 Å². The van der Waals surface area contributed by atoms with E-state index in [1.54, 1.807) is 0 Å². The molecule has 0 aliphatic carbocycles. The van der Waals surface area contributed by atoms with Gasteiger partial charge in [0.15, 0.2) is 0 Å². The first-order valence-corrected chi connectivity index (χ1v) is 14.5. The highest BCUT2D eigenvalue weighted by Gasteiger charge is 2.25. The lowest BCUT2D eigenvalue weighted by atomic mass is 10.0. The Balaban J connectivity index is 1.24. The molecule has 4 aromatic heterocycles. The number of benzene rings is 1. The monoisotopic (exact) mass is 550 g/mol. The van der Waals surface area contributed by atoms with Gasteiger partial charge in [-0.2, -0.15) is 0 Å². The average molecular weight is 551 g/mol. The fourth-order valence-corrected chi connectivity index (χ4v) is 5.63. The van der Waals surface area contributed by atoms with Crippen molar-refractivity contribution in [2.45, 2.75) is 45.1 Å². The van der Waals surface area contributed by atoms with Crippen molar-refractivity contribution >= 4 is 33.4 Å². The molecule has 9 nitrogen and oxygen atoms in total. The summed E-state index contributed by atoms with van der Waals surface area (Å²) >= 11 is 0. The van der Waals surface area contributed by atoms with Crippen LogP contribution in [0.25, 0.3) is 27.6 Å². The lowest BCUT2D eigenvalue weighted by molar-refractivity contribution is 0.113. The highest BCUT2D eigenvalue weighted by Crippen LogP contribution is 2.37. The Morgan fingerprint density at radius 1 is 1.10 bits per heavy atom. The summed E-state index contributed by atoms with van der Waals surface area (Å²) in [5, 5.41) is 5.65. The number of anilines is 2. The predicted octanol–water partition coefficient (Wildman–Crippen LogP) is 5.12. The van der Waals surface area contributed by atoms with Crippen LogP contribution in [0, 0.1) is 0 Å². The van der Waals surface area contributed by atoms with Crippen molar-refractivity contribution in [2.75, 3.05) is 44.8 Å². The third kappa shape index (κ3) is 5.73. The van der Waals surface area contributed by atoms with Crippen LogP contribution < -0.4 is 11.1 Å². The summed E-state index contributed by atoms with van der Waals surface area (Å²) in [6, 6.07) is 11.0. The molecule has 1 aliphatic rings. The number of nitrogens with one attached hydrogen (secondary N) is 1. The Morgan fingerprint density at radius 3 is 2.78 bits per heavy atom. The number of pyridine rings is 2. The van der Waals surface area contributed by atoms with Gasteiger partial charge in [-0.05, 0) is 75.5 Å². The predicted molar refractivity (Wildman–Crippen MR) is 165 cm³/mol. The number of aryl methyl sites for hydroxylation is 3. The van der Waals surface area contributed by atoms with Crippen LogP contribution >= 0.6 is 0 Å². The summed E-state index contributed by atoms with van der Waals surface area (Å²) in [7, 11) is 4.18. The van der Waals surface area contributed by atoms with E-state index in [1.807, 2.05) is 12.4 Å². The van der Waals surface area contributed by atoms with Gasteiger partial charge in [0.2, 0.25) is 0 Å². The van der Waals surface area contributed by atoms with E-state index < -0.39 is 0 Å². The van der Waals surface area contributed by atoms with Crippen LogP contribution in [0.5, 0.6) is 0 Å². The van der Waals surface area contributed by atoms with Crippen molar-refractivity contribution in [1.82, 2.24) is 29.4 Å². The number of likely N-dealkylation sites (N-methyl/N-ethyl adjacent to an activating group) is 1. The third-order valence-corrected chi connectivity index (χ3v) is 7.84. The average Bonchev–Trinajstić information content (AvgIpc) is 3.65. The van der Waals surface area contributed by atoms with Gasteiger partial charge in [-0.25, -0.2) is 9.97 Å². The van der Waals surface area contributed by atoms with Gasteiger partial charge in [-0.3, -0.25) is 14.5 Å². The number of nitrogens with zero attached hydrogens (tertiary/aromatic N) is 6. The molecular weight excluding hydrogens is 512 g/mol. The Bertz CT molecular complexity index is 1670. The molecule has 1 atom stereocenters. The largest absolute Gasteiger partial charge is 0.383 e. The normalized spacial score (nSPS) is 15.4. The van der Waals surface area contributed by atoms with E-state index in [2.05, 4.69) is 87.3 Å². The van der Waals surface area contributed by atoms with E-state index in [-0.39, 0.29) is 6.10 Å². The molecule has 0 radical (unpaired) electrons. The van der Waals surface area contributed by atoms with Gasteiger partial charge in [0.05, 0.1) is 28.9 Å². The Hall–Kier alpha value is -4.08. The van der Waals surface area contributed by atoms with Gasteiger partial charge < -0.3 is 20.7 Å². The Morgan fingerprint density at radius 2 is 1.98 bits per heavy atom. The zero-order chi connectivity index (χ0) is 28.3. The summed E-state index contributed by atoms with van der Waals surface area (Å²) in [5.41, 5.74) is 14.8. The van der Waals surface area contributed by atoms with Crippen molar-refractivity contribution in [3.05, 3.63) is 77.6 Å². The number of hydrogen-bond acceptors (Lipinski definition) is 8. The minimum Gasteiger partial charge on any atom is -0.383 e. The van der Waals surface area contributed by atoms with Gasteiger partial charge in [-0.15, -0.1) is 0 Å². The molecule has 3 N–H and O–H groups in total. The topological polar surface area (TPSA) is 107 Å². The van der Waals surface area contributed by atoms with Crippen molar-refractivity contribution in [1.29, 1.82) is 0 Å². The molecule has 0 saturated carbocycles. The lowest BCUT2D eigenvalue weighted by Crippen LogP contribution is -2.21. The van der Waals surface area contributed by atoms with Gasteiger partial charge in [0.1, 0.15) is 17.8 Å². The quantitative estimate of drug-likeness (QED) is 0.247. The lowest BCUT2D eigenvalue weighted by Gasteiger charge is -2.15. The summed E-state index contributed by atoms with van der Waals surface area (Å²) in [6.45, 7) is 4.79. The fourth-order valence-electron chi connectivity index (χ4n) is 5.63. The van der Waals surface area contributed by atoms with E-state index in [0.29, 0.717) is 5.82 Å². The van der Waals surface area contributed by atoms with Gasteiger partial charge in [0.25, 0.3) is 0 Å². The van der Waals surface area contributed by atoms with Crippen LogP contribution in [0.15, 0.2) is 55.2 Å². The van der Waals surface area contributed by atoms with E-state index in [0.717, 1.165) is 102 Å². The number of ether oxygens (including phenoxy) is 1. The second-order valence-corrected chi connectivity index (χ2v) is 11.1. The van der Waals surface area contributed by atoms with Gasteiger partial charge in [-0.1, -0.05) is 19.1 Å². The first-order chi connectivity index (χ1) is 20.0. The molecule has 1 saturated heterocycles. The highest BCUT2D eigenvalue weighted by molar-refractivity contribution is 5.92. The number of nitrogens with two attached hydrogens (primary N) is 1. The fraction of sp³-hybridized carbons (Fsp3) is 0.375. The van der Waals surface area contributed by atoms with E-state index in [1.165, 1.54) is 11.9 Å². The summed E-state index contributed by atoms with van der Waals surface area (Å²) in [5.74, 6) is 0.482. The number of rotatable bonds is 10. The number of aromatic nitrogens is 5. The summed E-state index contributed by atoms with van der Waals surface area (Å²) in [6.07, 6.45) is 12.1. The maximum absolute atomic E-state index is 6.31. The second kappa shape index (κ2) is 11.8. The molecule has 5 aromatic rings. The molecule has 41 heavy (non-hydrogen) atoms. The van der Waals surface area contributed by atoms with Crippen LogP contribution in [0.3, 0.4) is 0 Å². The Labute approximate surface area is 240 Å². The van der Waals surface area contributed by atoms with Crippen molar-refractivity contribution < 1.29 is 4.74 Å². The molecule has 5 heterocycles. The number of nitrogen functional groups attached to an aromatic ring is 1. The molecule has 0 bridgehead atoms. The first kappa shape index (κ1) is 27.1. The second-order valence-electron chi connectivity index (χ2n) is 11.1. The molecule has 9 heteroatoms. The zero-order valence-electron chi connectivity index (χ0n) is 24.1. The van der Waals surface area contributed by atoms with Crippen molar-refractivity contribution in [3.63, 3.8) is 0 Å². The Kier molecular flexibility index (Phi) is 7.80. The van der Waals surface area contributed by atoms with E-state index >= 15 is 0 Å². The van der Waals surface area contributed by atoms with Gasteiger partial charge in [0, 0.05) is 54.4 Å². The molecule has 1 aromatic carbocycles. The molecule has 1 fully saturated rings. The minimum absolute atomic E-state index is 0.0154. The smallest absolute Gasteiger partial charge is 0.150 e. The number of fused-ring (bicyclic) bond motifs is 2. The minimum atomic E-state index is 0.0154. The van der Waals surface area contributed by atoms with Crippen LogP contribution in [0.2, 0.25) is 0 Å². The van der Waals surface area contributed by atoms with E-state index in [4.69, 9.17) is 15.5 Å². The molecular formula is C32H38N8O. The van der Waals surface area contributed by atoms with Crippen LogP contribution in [0.4, 0.5) is 11.5 Å². The summed E-state index contributed by atoms with van der Waals surface area (Å²) in [4.78, 5) is 20.5. The van der Waals surface area contributed by atoms with Crippen LogP contribution in [-0.4, -0.2) is 63.2 Å². The molecule has 6 rings (SSSR count). The SMILES string of the molecule is CCc1cc(NCCN(C)C)c2ccc(CCc3cncc(-n4cc([C@H]5CCCO5)c5c(N)ncnc54)c3)cc2n1. The highest BCUT2D eigenvalue weighted by atomic mass is 16.5. The number of hydrogen-bond donors (Lipinski definition) is 2. The molecule has 212 valence electrons. The summed E-state index contributed by atoms with van der Waals surface area (Å²) < 4.78 is 8.06. The van der Waals surface area contributed by atoms with E-state index in [9.17, 15) is 0 Å². The third-order valence-electron chi connectivity index (χ3n) is 7.84. The molecule has 1 aliphatic heterocycles. The molecule has 0 spiro atoms. The van der Waals surface area contributed by atoms with Crippen molar-refractivity contribution in [3.8, 4) is 5.69 Å².